The zero-order chi connectivity index (χ0) is 23.8. The van der Waals surface area contributed by atoms with Gasteiger partial charge in [-0.3, -0.25) is 4.79 Å². The number of amides is 1. The number of hydrogen-bond donors (Lipinski definition) is 1. The second kappa shape index (κ2) is 9.19. The Kier molecular flexibility index (Phi) is 6.10. The molecule has 1 N–H and O–H groups in total. The minimum atomic E-state index is -1.60. The third-order valence-electron chi connectivity index (χ3n) is 5.51. The topological polar surface area (TPSA) is 68.5 Å². The number of aromatic nitrogens is 3. The number of ether oxygens (including phenoxy) is 1. The highest BCUT2D eigenvalue weighted by Gasteiger charge is 2.25. The molecule has 0 spiro atoms. The van der Waals surface area contributed by atoms with Crippen LogP contribution in [0.3, 0.4) is 0 Å². The number of carbonyl (C=O) groups is 1. The van der Waals surface area contributed by atoms with Gasteiger partial charge in [-0.05, 0) is 48.6 Å². The summed E-state index contributed by atoms with van der Waals surface area (Å²) in [6.07, 6.45) is 1.97. The number of carbonyl (C=O) groups excluding carboxylic acids is 1. The fourth-order valence-electron chi connectivity index (χ4n) is 3.68. The van der Waals surface area contributed by atoms with E-state index < -0.39 is 18.0 Å². The first-order valence-electron chi connectivity index (χ1n) is 10.6. The quantitative estimate of drug-likeness (QED) is 0.322. The molecular formula is C24H18Cl2F2N4O2. The third-order valence-corrected chi connectivity index (χ3v) is 6.07. The van der Waals surface area contributed by atoms with Crippen LogP contribution < -0.4 is 10.1 Å². The maximum atomic E-state index is 14.8. The first kappa shape index (κ1) is 22.6. The fraction of sp³-hybridized carbons (Fsp3) is 0.208. The summed E-state index contributed by atoms with van der Waals surface area (Å²) >= 11 is 11.9. The smallest absolute Gasteiger partial charge is 0.274 e. The van der Waals surface area contributed by atoms with Crippen molar-refractivity contribution in [2.75, 3.05) is 6.54 Å². The molecule has 2 aromatic heterocycles. The van der Waals surface area contributed by atoms with Gasteiger partial charge in [-0.25, -0.2) is 13.9 Å². The van der Waals surface area contributed by atoms with E-state index in [0.29, 0.717) is 16.7 Å². The normalized spacial score (nSPS) is 14.2. The minimum absolute atomic E-state index is 0.0565. The van der Waals surface area contributed by atoms with Crippen molar-refractivity contribution in [3.8, 4) is 11.5 Å². The number of hydrogen-bond acceptors (Lipinski definition) is 4. The number of fused-ring (bicyclic) bond motifs is 1. The number of alkyl halides is 1. The molecule has 1 aliphatic carbocycles. The van der Waals surface area contributed by atoms with Crippen LogP contribution in [0.5, 0.6) is 11.5 Å². The van der Waals surface area contributed by atoms with Gasteiger partial charge in [0.05, 0.1) is 12.7 Å². The van der Waals surface area contributed by atoms with E-state index >= 15 is 0 Å². The lowest BCUT2D eigenvalue weighted by atomic mass is 10.1. The summed E-state index contributed by atoms with van der Waals surface area (Å²) in [4.78, 5) is 17.2. The van der Waals surface area contributed by atoms with Gasteiger partial charge in [0, 0.05) is 21.7 Å². The lowest BCUT2D eigenvalue weighted by Gasteiger charge is -2.15. The zero-order valence-electron chi connectivity index (χ0n) is 17.6. The second-order valence-electron chi connectivity index (χ2n) is 8.00. The lowest BCUT2D eigenvalue weighted by Crippen LogP contribution is -2.29. The van der Waals surface area contributed by atoms with Crippen LogP contribution in [0, 0.1) is 5.95 Å². The van der Waals surface area contributed by atoms with Gasteiger partial charge in [0.1, 0.15) is 11.9 Å². The summed E-state index contributed by atoms with van der Waals surface area (Å²) in [5.41, 5.74) is 1.33. The van der Waals surface area contributed by atoms with Gasteiger partial charge in [0.25, 0.3) is 5.91 Å². The van der Waals surface area contributed by atoms with Gasteiger partial charge in [-0.2, -0.15) is 4.39 Å². The SMILES string of the molecule is O=C(NCC(F)c1ccc(Cl)cc1Cl)c1c(Oc2cccc(C3CC3)c2)cnc2cc(F)nn12. The van der Waals surface area contributed by atoms with E-state index in [1.54, 1.807) is 6.07 Å². The molecule has 1 fully saturated rings. The summed E-state index contributed by atoms with van der Waals surface area (Å²) in [7, 11) is 0. The molecule has 0 bridgehead atoms. The monoisotopic (exact) mass is 502 g/mol. The summed E-state index contributed by atoms with van der Waals surface area (Å²) in [5, 5.41) is 6.75. The predicted molar refractivity (Wildman–Crippen MR) is 124 cm³/mol. The Morgan fingerprint density at radius 1 is 1.21 bits per heavy atom. The highest BCUT2D eigenvalue weighted by molar-refractivity contribution is 6.35. The fourth-order valence-corrected chi connectivity index (χ4v) is 4.21. The molecule has 0 aliphatic heterocycles. The summed E-state index contributed by atoms with van der Waals surface area (Å²) < 4.78 is 35.7. The predicted octanol–water partition coefficient (Wildman–Crippen LogP) is 6.29. The van der Waals surface area contributed by atoms with E-state index in [1.165, 1.54) is 24.4 Å². The van der Waals surface area contributed by atoms with Crippen molar-refractivity contribution in [2.24, 2.45) is 0 Å². The molecule has 5 rings (SSSR count). The van der Waals surface area contributed by atoms with Crippen molar-refractivity contribution >= 4 is 34.8 Å². The highest BCUT2D eigenvalue weighted by Crippen LogP contribution is 2.41. The van der Waals surface area contributed by atoms with E-state index in [-0.39, 0.29) is 34.2 Å². The van der Waals surface area contributed by atoms with Crippen LogP contribution in [0.4, 0.5) is 8.78 Å². The van der Waals surface area contributed by atoms with Crippen LogP contribution in [0.1, 0.15) is 46.5 Å². The van der Waals surface area contributed by atoms with Crippen LogP contribution >= 0.6 is 23.2 Å². The van der Waals surface area contributed by atoms with Crippen molar-refractivity contribution in [1.29, 1.82) is 0 Å². The highest BCUT2D eigenvalue weighted by atomic mass is 35.5. The lowest BCUT2D eigenvalue weighted by molar-refractivity contribution is 0.0931. The first-order chi connectivity index (χ1) is 16.4. The largest absolute Gasteiger partial charge is 0.453 e. The van der Waals surface area contributed by atoms with Gasteiger partial charge in [-0.1, -0.05) is 41.4 Å². The van der Waals surface area contributed by atoms with Crippen molar-refractivity contribution in [3.05, 3.63) is 87.5 Å². The van der Waals surface area contributed by atoms with Gasteiger partial charge in [0.15, 0.2) is 17.1 Å². The van der Waals surface area contributed by atoms with Gasteiger partial charge in [0.2, 0.25) is 5.95 Å². The molecule has 1 unspecified atom stereocenters. The number of nitrogens with one attached hydrogen (secondary N) is 1. The van der Waals surface area contributed by atoms with Crippen LogP contribution in [0.15, 0.2) is 54.7 Å². The van der Waals surface area contributed by atoms with Crippen LogP contribution in [0.2, 0.25) is 10.0 Å². The van der Waals surface area contributed by atoms with E-state index in [2.05, 4.69) is 15.4 Å². The Labute approximate surface area is 203 Å². The molecule has 1 aliphatic rings. The molecule has 0 saturated heterocycles. The Hall–Kier alpha value is -3.23. The van der Waals surface area contributed by atoms with E-state index in [1.807, 2.05) is 18.2 Å². The van der Waals surface area contributed by atoms with Crippen LogP contribution in [-0.4, -0.2) is 27.0 Å². The van der Waals surface area contributed by atoms with Gasteiger partial charge >= 0.3 is 0 Å². The number of halogens is 4. The molecule has 10 heteroatoms. The molecule has 34 heavy (non-hydrogen) atoms. The Balaban J connectivity index is 1.42. The van der Waals surface area contributed by atoms with Crippen LogP contribution in [-0.2, 0) is 0 Å². The van der Waals surface area contributed by atoms with Gasteiger partial charge < -0.3 is 10.1 Å². The molecule has 0 radical (unpaired) electrons. The van der Waals surface area contributed by atoms with E-state index in [4.69, 9.17) is 27.9 Å². The molecule has 1 amide bonds. The first-order valence-corrected chi connectivity index (χ1v) is 11.3. The van der Waals surface area contributed by atoms with E-state index in [9.17, 15) is 13.6 Å². The molecule has 2 heterocycles. The van der Waals surface area contributed by atoms with Crippen LogP contribution in [0.25, 0.3) is 5.65 Å². The van der Waals surface area contributed by atoms with Crippen molar-refractivity contribution < 1.29 is 18.3 Å². The zero-order valence-corrected chi connectivity index (χ0v) is 19.2. The standard InChI is InChI=1S/C24H18Cl2F2N4O2/c25-15-6-7-17(18(26)9-15)19(27)11-30-24(33)23-20(12-29-22-10-21(28)31-32(22)23)34-16-3-1-2-14(8-16)13-4-5-13/h1-3,6-10,12-13,19H,4-5,11H2,(H,30,33). The Bertz CT molecular complexity index is 1390. The average molecular weight is 503 g/mol. The molecule has 4 aromatic rings. The van der Waals surface area contributed by atoms with Crippen molar-refractivity contribution in [3.63, 3.8) is 0 Å². The maximum absolute atomic E-state index is 14.8. The molecule has 1 saturated carbocycles. The second-order valence-corrected chi connectivity index (χ2v) is 8.84. The molecular weight excluding hydrogens is 485 g/mol. The number of benzene rings is 2. The third kappa shape index (κ3) is 4.69. The van der Waals surface area contributed by atoms with E-state index in [0.717, 1.165) is 29.0 Å². The average Bonchev–Trinajstić information content (AvgIpc) is 3.58. The summed E-state index contributed by atoms with van der Waals surface area (Å²) in [6, 6.07) is 13.0. The maximum Gasteiger partial charge on any atom is 0.274 e. The van der Waals surface area contributed by atoms with Crippen molar-refractivity contribution in [2.45, 2.75) is 24.9 Å². The minimum Gasteiger partial charge on any atom is -0.453 e. The Morgan fingerprint density at radius 3 is 2.79 bits per heavy atom. The molecule has 6 nitrogen and oxygen atoms in total. The molecule has 1 atom stereocenters. The summed E-state index contributed by atoms with van der Waals surface area (Å²) in [6.45, 7) is -0.385. The van der Waals surface area contributed by atoms with Crippen molar-refractivity contribution in [1.82, 2.24) is 19.9 Å². The molecule has 2 aromatic carbocycles. The number of nitrogens with zero attached hydrogens (tertiary/aromatic N) is 3. The Morgan fingerprint density at radius 2 is 2.03 bits per heavy atom. The summed E-state index contributed by atoms with van der Waals surface area (Å²) in [5.74, 6) is -0.458. The van der Waals surface area contributed by atoms with Gasteiger partial charge in [-0.15, -0.1) is 5.10 Å². The molecule has 174 valence electrons. The number of rotatable bonds is 7.